The molecular formula is C16H24N4OS. The van der Waals surface area contributed by atoms with Gasteiger partial charge in [0.25, 0.3) is 0 Å². The van der Waals surface area contributed by atoms with Gasteiger partial charge < -0.3 is 15.5 Å². The number of carbonyl (C=O) groups excluding carboxylic acids is 1. The van der Waals surface area contributed by atoms with Crippen molar-refractivity contribution in [2.24, 2.45) is 0 Å². The van der Waals surface area contributed by atoms with Crippen LogP contribution in [0, 0.1) is 0 Å². The number of hydrogen-bond acceptors (Lipinski definition) is 3. The molecule has 0 unspecified atom stereocenters. The third-order valence-corrected chi connectivity index (χ3v) is 4.38. The van der Waals surface area contributed by atoms with E-state index in [4.69, 9.17) is 12.2 Å². The molecule has 6 heteroatoms. The number of para-hydroxylation sites is 1. The van der Waals surface area contributed by atoms with Gasteiger partial charge in [0.2, 0.25) is 5.91 Å². The van der Waals surface area contributed by atoms with Crippen molar-refractivity contribution in [2.75, 3.05) is 45.1 Å². The van der Waals surface area contributed by atoms with E-state index in [2.05, 4.69) is 27.4 Å². The molecule has 0 bridgehead atoms. The van der Waals surface area contributed by atoms with E-state index in [1.54, 1.807) is 0 Å². The van der Waals surface area contributed by atoms with E-state index in [1.165, 1.54) is 5.56 Å². The lowest BCUT2D eigenvalue weighted by atomic mass is 10.1. The van der Waals surface area contributed by atoms with E-state index >= 15 is 0 Å². The molecule has 5 nitrogen and oxygen atoms in total. The highest BCUT2D eigenvalue weighted by atomic mass is 32.1. The van der Waals surface area contributed by atoms with Crippen molar-refractivity contribution < 1.29 is 4.79 Å². The topological polar surface area (TPSA) is 47.6 Å². The van der Waals surface area contributed by atoms with Crippen LogP contribution in [0.1, 0.15) is 12.5 Å². The zero-order chi connectivity index (χ0) is 15.9. The molecule has 22 heavy (non-hydrogen) atoms. The minimum Gasteiger partial charge on any atom is -0.366 e. The van der Waals surface area contributed by atoms with Gasteiger partial charge in [-0.2, -0.15) is 0 Å². The van der Waals surface area contributed by atoms with Gasteiger partial charge in [-0.15, -0.1) is 0 Å². The summed E-state index contributed by atoms with van der Waals surface area (Å²) in [6.07, 6.45) is 0.913. The second-order valence-corrected chi connectivity index (χ2v) is 5.76. The maximum absolute atomic E-state index is 12.2. The number of benzene rings is 1. The number of thiocarbonyl (C=S) groups is 1. The lowest BCUT2D eigenvalue weighted by molar-refractivity contribution is -0.117. The number of hydrogen-bond donors (Lipinski definition) is 2. The molecule has 1 aromatic carbocycles. The van der Waals surface area contributed by atoms with Crippen LogP contribution in [0.25, 0.3) is 0 Å². The Hall–Kier alpha value is -1.66. The van der Waals surface area contributed by atoms with Gasteiger partial charge in [-0.05, 0) is 30.3 Å². The molecule has 1 heterocycles. The Kier molecular flexibility index (Phi) is 6.15. The van der Waals surface area contributed by atoms with Crippen LogP contribution in [0.2, 0.25) is 0 Å². The first-order valence-corrected chi connectivity index (χ1v) is 8.11. The Morgan fingerprint density at radius 2 is 1.91 bits per heavy atom. The van der Waals surface area contributed by atoms with Crippen LogP contribution in [-0.4, -0.2) is 60.6 Å². The van der Waals surface area contributed by atoms with Crippen molar-refractivity contribution in [3.8, 4) is 0 Å². The molecule has 0 atom stereocenters. The number of amides is 1. The summed E-state index contributed by atoms with van der Waals surface area (Å²) >= 11 is 5.23. The van der Waals surface area contributed by atoms with Crippen molar-refractivity contribution in [3.63, 3.8) is 0 Å². The second-order valence-electron chi connectivity index (χ2n) is 5.38. The van der Waals surface area contributed by atoms with E-state index in [0.29, 0.717) is 6.54 Å². The smallest absolute Gasteiger partial charge is 0.238 e. The maximum Gasteiger partial charge on any atom is 0.238 e. The van der Waals surface area contributed by atoms with Gasteiger partial charge in [0, 0.05) is 38.9 Å². The zero-order valence-corrected chi connectivity index (χ0v) is 14.1. The Labute approximate surface area is 137 Å². The first kappa shape index (κ1) is 16.7. The summed E-state index contributed by atoms with van der Waals surface area (Å²) < 4.78 is 0. The molecule has 1 aromatic rings. The van der Waals surface area contributed by atoms with Gasteiger partial charge >= 0.3 is 0 Å². The molecule has 1 amide bonds. The fourth-order valence-electron chi connectivity index (χ4n) is 2.61. The van der Waals surface area contributed by atoms with Crippen LogP contribution < -0.4 is 10.6 Å². The van der Waals surface area contributed by atoms with Crippen molar-refractivity contribution in [1.82, 2.24) is 15.1 Å². The molecule has 2 rings (SSSR count). The van der Waals surface area contributed by atoms with Crippen molar-refractivity contribution >= 4 is 28.9 Å². The average molecular weight is 320 g/mol. The number of aryl methyl sites for hydroxylation is 1. The number of rotatable bonds is 4. The molecule has 1 aliphatic heterocycles. The summed E-state index contributed by atoms with van der Waals surface area (Å²) in [6, 6.07) is 7.96. The molecule has 0 radical (unpaired) electrons. The predicted molar refractivity (Wildman–Crippen MR) is 94.1 cm³/mol. The van der Waals surface area contributed by atoms with Crippen molar-refractivity contribution in [3.05, 3.63) is 29.8 Å². The fraction of sp³-hybridized carbons (Fsp3) is 0.500. The quantitative estimate of drug-likeness (QED) is 0.819. The van der Waals surface area contributed by atoms with Crippen LogP contribution in [0.3, 0.4) is 0 Å². The molecule has 1 saturated heterocycles. The number of carbonyl (C=O) groups is 1. The molecule has 1 fully saturated rings. The normalized spacial score (nSPS) is 15.5. The van der Waals surface area contributed by atoms with Crippen molar-refractivity contribution in [1.29, 1.82) is 0 Å². The number of nitrogens with one attached hydrogen (secondary N) is 2. The van der Waals surface area contributed by atoms with Gasteiger partial charge in [0.05, 0.1) is 6.54 Å². The average Bonchev–Trinajstić information content (AvgIpc) is 2.55. The second kappa shape index (κ2) is 8.10. The Morgan fingerprint density at radius 3 is 2.55 bits per heavy atom. The number of nitrogens with zero attached hydrogens (tertiary/aromatic N) is 2. The summed E-state index contributed by atoms with van der Waals surface area (Å²) in [5.74, 6) is 0.0468. The maximum atomic E-state index is 12.2. The van der Waals surface area contributed by atoms with Gasteiger partial charge in [-0.1, -0.05) is 25.1 Å². The summed E-state index contributed by atoms with van der Waals surface area (Å²) in [6.45, 7) is 5.94. The largest absolute Gasteiger partial charge is 0.366 e. The van der Waals surface area contributed by atoms with Crippen LogP contribution >= 0.6 is 12.2 Å². The lowest BCUT2D eigenvalue weighted by Gasteiger charge is -2.35. The molecule has 1 aliphatic rings. The summed E-state index contributed by atoms with van der Waals surface area (Å²) in [5.41, 5.74) is 2.09. The minimum atomic E-state index is 0.0468. The monoisotopic (exact) mass is 320 g/mol. The van der Waals surface area contributed by atoms with E-state index in [0.717, 1.165) is 43.4 Å². The van der Waals surface area contributed by atoms with Crippen LogP contribution in [0.4, 0.5) is 5.69 Å². The van der Waals surface area contributed by atoms with Crippen LogP contribution in [-0.2, 0) is 11.2 Å². The first-order valence-electron chi connectivity index (χ1n) is 7.70. The van der Waals surface area contributed by atoms with E-state index in [-0.39, 0.29) is 5.91 Å². The lowest BCUT2D eigenvalue weighted by Crippen LogP contribution is -2.52. The summed E-state index contributed by atoms with van der Waals surface area (Å²) in [5, 5.41) is 6.80. The van der Waals surface area contributed by atoms with Gasteiger partial charge in [0.1, 0.15) is 0 Å². The molecular weight excluding hydrogens is 296 g/mol. The van der Waals surface area contributed by atoms with Gasteiger partial charge in [0.15, 0.2) is 5.11 Å². The van der Waals surface area contributed by atoms with E-state index in [1.807, 2.05) is 31.3 Å². The van der Waals surface area contributed by atoms with Gasteiger partial charge in [-0.25, -0.2) is 0 Å². The molecule has 0 aromatic heterocycles. The zero-order valence-electron chi connectivity index (χ0n) is 13.3. The van der Waals surface area contributed by atoms with E-state index in [9.17, 15) is 4.79 Å². The Balaban J connectivity index is 1.82. The van der Waals surface area contributed by atoms with Gasteiger partial charge in [-0.3, -0.25) is 9.69 Å². The summed E-state index contributed by atoms with van der Waals surface area (Å²) in [7, 11) is 1.84. The molecule has 2 N–H and O–H groups in total. The highest BCUT2D eigenvalue weighted by Crippen LogP contribution is 2.15. The third-order valence-electron chi connectivity index (χ3n) is 3.91. The van der Waals surface area contributed by atoms with Crippen molar-refractivity contribution in [2.45, 2.75) is 13.3 Å². The fourth-order valence-corrected chi connectivity index (χ4v) is 2.79. The SMILES string of the molecule is CCc1ccccc1NC(=O)CN1CCN(C(=S)NC)CC1. The third kappa shape index (κ3) is 4.42. The Morgan fingerprint density at radius 1 is 1.23 bits per heavy atom. The molecule has 0 saturated carbocycles. The predicted octanol–water partition coefficient (Wildman–Crippen LogP) is 1.31. The number of piperazine rings is 1. The highest BCUT2D eigenvalue weighted by molar-refractivity contribution is 7.80. The van der Waals surface area contributed by atoms with Crippen LogP contribution in [0.15, 0.2) is 24.3 Å². The van der Waals surface area contributed by atoms with Crippen LogP contribution in [0.5, 0.6) is 0 Å². The standard InChI is InChI=1S/C16H24N4OS/c1-3-13-6-4-5-7-14(13)18-15(21)12-19-8-10-20(11-9-19)16(22)17-2/h4-7H,3,8-12H2,1-2H3,(H,17,22)(H,18,21). The highest BCUT2D eigenvalue weighted by Gasteiger charge is 2.20. The minimum absolute atomic E-state index is 0.0468. The number of anilines is 1. The molecule has 120 valence electrons. The van der Waals surface area contributed by atoms with E-state index < -0.39 is 0 Å². The summed E-state index contributed by atoms with van der Waals surface area (Å²) in [4.78, 5) is 16.5. The molecule has 0 aliphatic carbocycles. The first-order chi connectivity index (χ1) is 10.6. The Bertz CT molecular complexity index is 527. The molecule has 0 spiro atoms.